The van der Waals surface area contributed by atoms with Gasteiger partial charge in [-0.3, -0.25) is 4.79 Å². The highest BCUT2D eigenvalue weighted by atomic mass is 32.1. The second kappa shape index (κ2) is 7.52. The van der Waals surface area contributed by atoms with E-state index in [4.69, 9.17) is 0 Å². The summed E-state index contributed by atoms with van der Waals surface area (Å²) >= 11 is 3.17. The Morgan fingerprint density at radius 2 is 2.35 bits per heavy atom. The van der Waals surface area contributed by atoms with Gasteiger partial charge in [0.15, 0.2) is 0 Å². The van der Waals surface area contributed by atoms with Gasteiger partial charge in [0.1, 0.15) is 0 Å². The van der Waals surface area contributed by atoms with E-state index in [1.807, 2.05) is 29.1 Å². The van der Waals surface area contributed by atoms with Crippen LogP contribution < -0.4 is 5.32 Å². The molecule has 0 saturated carbocycles. The van der Waals surface area contributed by atoms with E-state index in [1.165, 1.54) is 11.3 Å². The van der Waals surface area contributed by atoms with Crippen molar-refractivity contribution in [3.05, 3.63) is 38.5 Å². The van der Waals surface area contributed by atoms with Gasteiger partial charge < -0.3 is 10.4 Å². The van der Waals surface area contributed by atoms with Crippen LogP contribution in [0.25, 0.3) is 0 Å². The number of aliphatic hydroxyl groups excluding tert-OH is 1. The van der Waals surface area contributed by atoms with E-state index < -0.39 is 6.10 Å². The van der Waals surface area contributed by atoms with E-state index in [1.54, 1.807) is 11.3 Å². The third-order valence-electron chi connectivity index (χ3n) is 2.92. The maximum Gasteiger partial charge on any atom is 0.220 e. The average molecular weight is 310 g/mol. The molecule has 20 heavy (non-hydrogen) atoms. The smallest absolute Gasteiger partial charge is 0.220 e. The van der Waals surface area contributed by atoms with Crippen LogP contribution in [-0.2, 0) is 11.2 Å². The SMILES string of the molecule is Cc1nc(CCCC(=O)NCC(O)c2ccsc2)cs1. The van der Waals surface area contributed by atoms with Crippen LogP contribution in [0.15, 0.2) is 22.2 Å². The van der Waals surface area contributed by atoms with Crippen molar-refractivity contribution in [2.24, 2.45) is 0 Å². The van der Waals surface area contributed by atoms with Crippen molar-refractivity contribution >= 4 is 28.6 Å². The number of hydrogen-bond acceptors (Lipinski definition) is 5. The zero-order valence-corrected chi connectivity index (χ0v) is 13.0. The molecule has 4 nitrogen and oxygen atoms in total. The van der Waals surface area contributed by atoms with Crippen molar-refractivity contribution in [1.82, 2.24) is 10.3 Å². The molecular weight excluding hydrogens is 292 g/mol. The summed E-state index contributed by atoms with van der Waals surface area (Å²) in [6.45, 7) is 2.25. The highest BCUT2D eigenvalue weighted by molar-refractivity contribution is 7.09. The lowest BCUT2D eigenvalue weighted by atomic mass is 10.2. The van der Waals surface area contributed by atoms with Crippen molar-refractivity contribution in [3.63, 3.8) is 0 Å². The van der Waals surface area contributed by atoms with Gasteiger partial charge in [-0.25, -0.2) is 4.98 Å². The number of aryl methyl sites for hydroxylation is 2. The Labute approximate surface area is 126 Å². The molecule has 1 atom stereocenters. The molecule has 2 aromatic rings. The van der Waals surface area contributed by atoms with Gasteiger partial charge in [-0.15, -0.1) is 11.3 Å². The van der Waals surface area contributed by atoms with E-state index in [-0.39, 0.29) is 12.5 Å². The van der Waals surface area contributed by atoms with Gasteiger partial charge in [0.2, 0.25) is 5.91 Å². The fourth-order valence-corrected chi connectivity index (χ4v) is 3.19. The first-order valence-corrected chi connectivity index (χ1v) is 8.35. The summed E-state index contributed by atoms with van der Waals surface area (Å²) in [7, 11) is 0. The Morgan fingerprint density at radius 3 is 3.00 bits per heavy atom. The molecule has 0 aliphatic heterocycles. The molecule has 0 spiro atoms. The fourth-order valence-electron chi connectivity index (χ4n) is 1.83. The van der Waals surface area contributed by atoms with Crippen molar-refractivity contribution < 1.29 is 9.90 Å². The molecule has 0 fully saturated rings. The number of rotatable bonds is 7. The zero-order chi connectivity index (χ0) is 14.4. The first-order valence-electron chi connectivity index (χ1n) is 6.53. The quantitative estimate of drug-likeness (QED) is 0.826. The summed E-state index contributed by atoms with van der Waals surface area (Å²) in [5.74, 6) is -0.0220. The van der Waals surface area contributed by atoms with Crippen molar-refractivity contribution in [2.45, 2.75) is 32.3 Å². The molecule has 0 radical (unpaired) electrons. The minimum Gasteiger partial charge on any atom is -0.387 e. The summed E-state index contributed by atoms with van der Waals surface area (Å²) in [5, 5.41) is 19.5. The number of thiazole rings is 1. The summed E-state index contributed by atoms with van der Waals surface area (Å²) in [6.07, 6.45) is 1.45. The molecule has 1 unspecified atom stereocenters. The number of amides is 1. The molecule has 0 aliphatic carbocycles. The molecule has 0 saturated heterocycles. The van der Waals surface area contributed by atoms with E-state index in [9.17, 15) is 9.90 Å². The normalized spacial score (nSPS) is 12.3. The minimum atomic E-state index is -0.619. The van der Waals surface area contributed by atoms with Crippen LogP contribution in [0.2, 0.25) is 0 Å². The first kappa shape index (κ1) is 15.2. The molecule has 1 amide bonds. The van der Waals surface area contributed by atoms with E-state index in [0.717, 1.165) is 29.1 Å². The first-order chi connectivity index (χ1) is 9.65. The predicted molar refractivity (Wildman–Crippen MR) is 82.1 cm³/mol. The van der Waals surface area contributed by atoms with Gasteiger partial charge in [0, 0.05) is 18.3 Å². The average Bonchev–Trinajstić information content (AvgIpc) is 3.07. The van der Waals surface area contributed by atoms with Crippen LogP contribution in [0.3, 0.4) is 0 Å². The fraction of sp³-hybridized carbons (Fsp3) is 0.429. The molecular formula is C14H18N2O2S2. The lowest BCUT2D eigenvalue weighted by Gasteiger charge is -2.10. The van der Waals surface area contributed by atoms with E-state index >= 15 is 0 Å². The van der Waals surface area contributed by atoms with Crippen LogP contribution in [0.1, 0.15) is 35.2 Å². The molecule has 0 bridgehead atoms. The molecule has 0 aliphatic rings. The van der Waals surface area contributed by atoms with Crippen molar-refractivity contribution in [2.75, 3.05) is 6.54 Å². The maximum atomic E-state index is 11.7. The summed E-state index contributed by atoms with van der Waals surface area (Å²) in [6, 6.07) is 1.87. The minimum absolute atomic E-state index is 0.0220. The molecule has 2 aromatic heterocycles. The molecule has 2 heterocycles. The lowest BCUT2D eigenvalue weighted by molar-refractivity contribution is -0.121. The van der Waals surface area contributed by atoms with Crippen LogP contribution >= 0.6 is 22.7 Å². The number of nitrogens with one attached hydrogen (secondary N) is 1. The van der Waals surface area contributed by atoms with Gasteiger partial charge >= 0.3 is 0 Å². The molecule has 0 aromatic carbocycles. The third kappa shape index (κ3) is 4.70. The summed E-state index contributed by atoms with van der Waals surface area (Å²) in [5.41, 5.74) is 1.91. The number of aliphatic hydroxyl groups is 1. The summed E-state index contributed by atoms with van der Waals surface area (Å²) in [4.78, 5) is 16.0. The number of carbonyl (C=O) groups excluding carboxylic acids is 1. The van der Waals surface area contributed by atoms with Gasteiger partial charge in [0.25, 0.3) is 0 Å². The van der Waals surface area contributed by atoms with E-state index in [2.05, 4.69) is 10.3 Å². The van der Waals surface area contributed by atoms with Crippen LogP contribution in [0.5, 0.6) is 0 Å². The van der Waals surface area contributed by atoms with Crippen molar-refractivity contribution in [1.29, 1.82) is 0 Å². The van der Waals surface area contributed by atoms with Gasteiger partial charge in [-0.1, -0.05) is 0 Å². The predicted octanol–water partition coefficient (Wildman–Crippen LogP) is 2.69. The van der Waals surface area contributed by atoms with Gasteiger partial charge in [0.05, 0.1) is 16.8 Å². The molecule has 2 N–H and O–H groups in total. The molecule has 6 heteroatoms. The Morgan fingerprint density at radius 1 is 1.50 bits per heavy atom. The standard InChI is InChI=1S/C14H18N2O2S2/c1-10-16-12(9-20-10)3-2-4-14(18)15-7-13(17)11-5-6-19-8-11/h5-6,8-9,13,17H,2-4,7H2,1H3,(H,15,18). The maximum absolute atomic E-state index is 11.7. The molecule has 108 valence electrons. The molecule has 2 rings (SSSR count). The van der Waals surface area contributed by atoms with Gasteiger partial charge in [-0.2, -0.15) is 11.3 Å². The van der Waals surface area contributed by atoms with Gasteiger partial charge in [-0.05, 0) is 42.2 Å². The number of nitrogens with zero attached hydrogens (tertiary/aromatic N) is 1. The topological polar surface area (TPSA) is 62.2 Å². The lowest BCUT2D eigenvalue weighted by Crippen LogP contribution is -2.28. The van der Waals surface area contributed by atoms with Crippen LogP contribution in [0, 0.1) is 6.92 Å². The van der Waals surface area contributed by atoms with E-state index in [0.29, 0.717) is 6.42 Å². The monoisotopic (exact) mass is 310 g/mol. The summed E-state index contributed by atoms with van der Waals surface area (Å²) < 4.78 is 0. The largest absolute Gasteiger partial charge is 0.387 e. The van der Waals surface area contributed by atoms with Crippen LogP contribution in [-0.4, -0.2) is 22.5 Å². The zero-order valence-electron chi connectivity index (χ0n) is 11.3. The Hall–Kier alpha value is -1.24. The van der Waals surface area contributed by atoms with Crippen LogP contribution in [0.4, 0.5) is 0 Å². The number of thiophene rings is 1. The Bertz CT molecular complexity index is 537. The second-order valence-corrected chi connectivity index (χ2v) is 6.43. The number of aromatic nitrogens is 1. The van der Waals surface area contributed by atoms with Crippen molar-refractivity contribution in [3.8, 4) is 0 Å². The highest BCUT2D eigenvalue weighted by Crippen LogP contribution is 2.15. The second-order valence-electron chi connectivity index (χ2n) is 4.59. The number of hydrogen-bond donors (Lipinski definition) is 2. The number of carbonyl (C=O) groups is 1. The third-order valence-corrected chi connectivity index (χ3v) is 4.45. The highest BCUT2D eigenvalue weighted by Gasteiger charge is 2.09. The Balaban J connectivity index is 1.63. The Kier molecular flexibility index (Phi) is 5.70.